The number of aromatic nitrogens is 8. The van der Waals surface area contributed by atoms with E-state index in [1.165, 1.54) is 13.2 Å². The molecule has 0 saturated carbocycles. The lowest BCUT2D eigenvalue weighted by atomic mass is 10.1. The Hall–Kier alpha value is -6.86. The van der Waals surface area contributed by atoms with Gasteiger partial charge in [0, 0.05) is 76.1 Å². The van der Waals surface area contributed by atoms with E-state index >= 15 is 0 Å². The van der Waals surface area contributed by atoms with E-state index in [1.54, 1.807) is 44.3 Å². The molecule has 0 radical (unpaired) electrons. The summed E-state index contributed by atoms with van der Waals surface area (Å²) in [6.07, 6.45) is 4.50. The molecule has 0 spiro atoms. The van der Waals surface area contributed by atoms with Crippen molar-refractivity contribution < 1.29 is 28.7 Å². The SMILES string of the molecule is CCn1nc(C)cc1C(=O)Cc1nc2cc(C(N)=O)cc(OCCCN3CCN(C(C)C)CC3)c2n1C/C=C/Cn1c(NC(=O)c2cc(C)nn2CC)nc2cc(C(N)=O)cc(OC)c21. The average Bonchev–Trinajstić information content (AvgIpc) is 4.05. The van der Waals surface area contributed by atoms with Crippen LogP contribution in [0.5, 0.6) is 11.5 Å². The zero-order chi connectivity index (χ0) is 46.5. The summed E-state index contributed by atoms with van der Waals surface area (Å²) < 4.78 is 19.2. The molecule has 0 aliphatic carbocycles. The Morgan fingerprint density at radius 2 is 1.34 bits per heavy atom. The predicted octanol–water partition coefficient (Wildman–Crippen LogP) is 4.37. The molecule has 4 aromatic heterocycles. The van der Waals surface area contributed by atoms with Crippen molar-refractivity contribution in [3.05, 3.63) is 88.3 Å². The van der Waals surface area contributed by atoms with E-state index in [9.17, 15) is 19.2 Å². The minimum atomic E-state index is -0.657. The van der Waals surface area contributed by atoms with Crippen molar-refractivity contribution in [3.63, 3.8) is 0 Å². The van der Waals surface area contributed by atoms with Crippen molar-refractivity contribution in [2.45, 2.75) is 86.6 Å². The van der Waals surface area contributed by atoms with E-state index in [0.717, 1.165) is 44.8 Å². The number of amides is 3. The maximum absolute atomic E-state index is 14.0. The van der Waals surface area contributed by atoms with E-state index in [2.05, 4.69) is 39.2 Å². The summed E-state index contributed by atoms with van der Waals surface area (Å²) in [6, 6.07) is 10.3. The second-order valence-electron chi connectivity index (χ2n) is 16.5. The van der Waals surface area contributed by atoms with E-state index < -0.39 is 17.7 Å². The minimum absolute atomic E-state index is 0.0586. The normalized spacial score (nSPS) is 13.7. The minimum Gasteiger partial charge on any atom is -0.494 e. The number of aryl methyl sites for hydroxylation is 4. The number of hydrogen-bond acceptors (Lipinski definition) is 12. The number of ether oxygens (including phenoxy) is 2. The quantitative estimate of drug-likeness (QED) is 0.0552. The number of hydrogen-bond donors (Lipinski definition) is 3. The number of carbonyl (C=O) groups is 4. The van der Waals surface area contributed by atoms with Crippen LogP contribution in [0.25, 0.3) is 22.1 Å². The van der Waals surface area contributed by atoms with Gasteiger partial charge in [-0.15, -0.1) is 0 Å². The number of nitrogens with two attached hydrogens (primary N) is 2. The van der Waals surface area contributed by atoms with E-state index in [1.807, 2.05) is 44.4 Å². The van der Waals surface area contributed by atoms with E-state index in [-0.39, 0.29) is 42.4 Å². The average molecular weight is 890 g/mol. The maximum Gasteiger partial charge on any atom is 0.276 e. The number of Topliss-reactive ketones (excluding diaryl/α,β-unsaturated/α-hetero) is 1. The summed E-state index contributed by atoms with van der Waals surface area (Å²) in [6.45, 7) is 18.6. The van der Waals surface area contributed by atoms with Gasteiger partial charge in [-0.05, 0) is 84.4 Å². The molecule has 1 aliphatic rings. The largest absolute Gasteiger partial charge is 0.494 e. The van der Waals surface area contributed by atoms with Crippen LogP contribution in [-0.4, -0.2) is 124 Å². The van der Waals surface area contributed by atoms with Crippen molar-refractivity contribution in [3.8, 4) is 11.5 Å². The number of nitrogens with zero attached hydrogens (tertiary/aromatic N) is 10. The summed E-state index contributed by atoms with van der Waals surface area (Å²) in [5.41, 5.74) is 16.1. The van der Waals surface area contributed by atoms with Gasteiger partial charge in [-0.3, -0.25) is 38.8 Å². The van der Waals surface area contributed by atoms with Gasteiger partial charge in [0.25, 0.3) is 5.91 Å². The van der Waals surface area contributed by atoms with Crippen LogP contribution in [0.15, 0.2) is 48.6 Å². The van der Waals surface area contributed by atoms with Crippen LogP contribution in [-0.2, 0) is 32.6 Å². The second-order valence-corrected chi connectivity index (χ2v) is 16.5. The zero-order valence-electron chi connectivity index (χ0n) is 38.3. The molecule has 0 bridgehead atoms. The summed E-state index contributed by atoms with van der Waals surface area (Å²) in [7, 11) is 1.48. The monoisotopic (exact) mass is 889 g/mol. The molecular weight excluding hydrogens is 831 g/mol. The number of nitrogens with one attached hydrogen (secondary N) is 1. The Morgan fingerprint density at radius 1 is 0.769 bits per heavy atom. The molecule has 6 aromatic rings. The van der Waals surface area contributed by atoms with Crippen molar-refractivity contribution in [2.24, 2.45) is 11.5 Å². The smallest absolute Gasteiger partial charge is 0.276 e. The number of piperazine rings is 1. The zero-order valence-corrected chi connectivity index (χ0v) is 38.3. The lowest BCUT2D eigenvalue weighted by Crippen LogP contribution is -2.49. The predicted molar refractivity (Wildman–Crippen MR) is 247 cm³/mol. The number of methoxy groups -OCH3 is 1. The molecule has 1 fully saturated rings. The van der Waals surface area contributed by atoms with E-state index in [0.29, 0.717) is 82.2 Å². The number of primary amides is 2. The Bertz CT molecular complexity index is 2770. The van der Waals surface area contributed by atoms with Crippen LogP contribution in [0, 0.1) is 13.8 Å². The highest BCUT2D eigenvalue weighted by atomic mass is 16.5. The topological polar surface area (TPSA) is 229 Å². The first-order chi connectivity index (χ1) is 31.2. The fourth-order valence-electron chi connectivity index (χ4n) is 8.38. The molecule has 2 aromatic carbocycles. The fraction of sp³-hybridized carbons (Fsp3) is 0.435. The van der Waals surface area contributed by atoms with Crippen LogP contribution in [0.4, 0.5) is 5.95 Å². The lowest BCUT2D eigenvalue weighted by molar-refractivity contribution is 0.0975. The Balaban J connectivity index is 1.23. The number of imidazole rings is 2. The van der Waals surface area contributed by atoms with Gasteiger partial charge in [0.05, 0.1) is 42.6 Å². The fourth-order valence-corrected chi connectivity index (χ4v) is 8.38. The third-order valence-electron chi connectivity index (χ3n) is 11.7. The molecule has 0 atom stereocenters. The van der Waals surface area contributed by atoms with Crippen LogP contribution < -0.4 is 26.3 Å². The van der Waals surface area contributed by atoms with Crippen molar-refractivity contribution >= 4 is 51.5 Å². The van der Waals surface area contributed by atoms with Gasteiger partial charge in [0.2, 0.25) is 17.8 Å². The number of rotatable bonds is 20. The molecule has 5 N–H and O–H groups in total. The molecule has 19 nitrogen and oxygen atoms in total. The van der Waals surface area contributed by atoms with Crippen LogP contribution in [0.1, 0.15) is 93.0 Å². The van der Waals surface area contributed by atoms with Gasteiger partial charge in [-0.1, -0.05) is 12.2 Å². The van der Waals surface area contributed by atoms with Gasteiger partial charge in [-0.2, -0.15) is 10.2 Å². The molecule has 19 heteroatoms. The van der Waals surface area contributed by atoms with Gasteiger partial charge in [0.1, 0.15) is 39.7 Å². The van der Waals surface area contributed by atoms with Crippen molar-refractivity contribution in [1.82, 2.24) is 48.5 Å². The molecule has 65 heavy (non-hydrogen) atoms. The summed E-state index contributed by atoms with van der Waals surface area (Å²) in [5.74, 6) is -0.456. The number of carbonyl (C=O) groups excluding carboxylic acids is 4. The highest BCUT2D eigenvalue weighted by Gasteiger charge is 2.25. The van der Waals surface area contributed by atoms with Crippen molar-refractivity contribution in [2.75, 3.05) is 51.8 Å². The maximum atomic E-state index is 14.0. The molecule has 7 rings (SSSR count). The third kappa shape index (κ3) is 10.1. The molecule has 1 aliphatic heterocycles. The Morgan fingerprint density at radius 3 is 1.94 bits per heavy atom. The van der Waals surface area contributed by atoms with E-state index in [4.69, 9.17) is 30.9 Å². The summed E-state index contributed by atoms with van der Waals surface area (Å²) in [5, 5.41) is 11.8. The summed E-state index contributed by atoms with van der Waals surface area (Å²) in [4.78, 5) is 67.2. The number of fused-ring (bicyclic) bond motifs is 2. The molecular formula is C46H59N13O6. The summed E-state index contributed by atoms with van der Waals surface area (Å²) >= 11 is 0. The first-order valence-corrected chi connectivity index (χ1v) is 22.1. The number of anilines is 1. The van der Waals surface area contributed by atoms with Crippen molar-refractivity contribution in [1.29, 1.82) is 0 Å². The van der Waals surface area contributed by atoms with Gasteiger partial charge in [0.15, 0.2) is 5.78 Å². The lowest BCUT2D eigenvalue weighted by Gasteiger charge is -2.36. The molecule has 0 unspecified atom stereocenters. The Labute approximate surface area is 377 Å². The highest BCUT2D eigenvalue weighted by Crippen LogP contribution is 2.32. The van der Waals surface area contributed by atoms with Crippen LogP contribution in [0.3, 0.4) is 0 Å². The standard InChI is InChI=1S/C46H59N13O6/c1-8-58-35(21-29(5)52-58)37(60)27-40-49-33-23-32(44(48)62)26-39(65-20-12-13-54-16-18-55(19-17-54)28(3)4)42(33)56(40)14-10-11-15-57-41-34(24-31(43(47)61)25-38(41)64-7)50-46(57)51-45(63)36-22-30(6)53-59(36)9-2/h10-11,21-26,28H,8-9,12-20,27H2,1-7H3,(H2,47,61)(H2,48,62)(H,50,51,63)/b11-10+. The molecule has 5 heterocycles. The molecule has 1 saturated heterocycles. The Kier molecular flexibility index (Phi) is 14.1. The van der Waals surface area contributed by atoms with Gasteiger partial charge in [-0.25, -0.2) is 9.97 Å². The first-order valence-electron chi connectivity index (χ1n) is 22.1. The molecule has 344 valence electrons. The van der Waals surface area contributed by atoms with Crippen LogP contribution in [0.2, 0.25) is 0 Å². The number of ketones is 1. The van der Waals surface area contributed by atoms with Crippen LogP contribution >= 0.6 is 0 Å². The van der Waals surface area contributed by atoms with Gasteiger partial charge < -0.3 is 35.0 Å². The highest BCUT2D eigenvalue weighted by molar-refractivity contribution is 6.04. The first kappa shape index (κ1) is 46.1. The molecule has 3 amide bonds. The number of allylic oxidation sites excluding steroid dienone is 2. The second kappa shape index (κ2) is 19.9. The van der Waals surface area contributed by atoms with Gasteiger partial charge >= 0.3 is 0 Å². The third-order valence-corrected chi connectivity index (χ3v) is 11.7. The number of benzene rings is 2.